The predicted molar refractivity (Wildman–Crippen MR) is 113 cm³/mol. The molecule has 0 spiro atoms. The zero-order valence-corrected chi connectivity index (χ0v) is 16.2. The van der Waals surface area contributed by atoms with Gasteiger partial charge >= 0.3 is 5.97 Å². The Balaban J connectivity index is 1.86. The number of fused-ring (bicyclic) bond motifs is 5. The third-order valence-corrected chi connectivity index (χ3v) is 6.46. The van der Waals surface area contributed by atoms with Crippen molar-refractivity contribution in [2.24, 2.45) is 5.92 Å². The molecule has 1 unspecified atom stereocenters. The molecule has 1 saturated carbocycles. The minimum atomic E-state index is -0.720. The standard InChI is InChI=1S/C26H24O2/c1-17(2)25(27)28-26(19-10-4-5-11-19)22-14-8-7-13-21(22)24-20-12-6-3-9-18(20)15-16-23(24)26/h3,6-9,12-16,19H,1,4-5,10-11H2,2H3. The number of hydrogen-bond acceptors (Lipinski definition) is 2. The highest BCUT2D eigenvalue weighted by atomic mass is 16.6. The van der Waals surface area contributed by atoms with E-state index >= 15 is 0 Å². The van der Waals surface area contributed by atoms with Crippen LogP contribution in [0.25, 0.3) is 21.9 Å². The summed E-state index contributed by atoms with van der Waals surface area (Å²) in [6, 6.07) is 21.3. The summed E-state index contributed by atoms with van der Waals surface area (Å²) in [5.74, 6) is -0.0120. The van der Waals surface area contributed by atoms with Crippen molar-refractivity contribution in [3.63, 3.8) is 0 Å². The minimum absolute atomic E-state index is 0.291. The molecule has 3 aromatic carbocycles. The van der Waals surface area contributed by atoms with Crippen molar-refractivity contribution >= 4 is 16.7 Å². The maximum atomic E-state index is 12.8. The van der Waals surface area contributed by atoms with Gasteiger partial charge in [-0.3, -0.25) is 0 Å². The summed E-state index contributed by atoms with van der Waals surface area (Å²) in [4.78, 5) is 12.8. The first-order valence-corrected chi connectivity index (χ1v) is 10.1. The summed E-state index contributed by atoms with van der Waals surface area (Å²) in [7, 11) is 0. The first-order valence-electron chi connectivity index (χ1n) is 10.1. The molecule has 3 aromatic rings. The Kier molecular flexibility index (Phi) is 3.90. The normalized spacial score (nSPS) is 20.8. The van der Waals surface area contributed by atoms with E-state index in [9.17, 15) is 4.79 Å². The minimum Gasteiger partial charge on any atom is -0.446 e. The summed E-state index contributed by atoms with van der Waals surface area (Å²) in [5, 5.41) is 2.43. The second kappa shape index (κ2) is 6.34. The highest BCUT2D eigenvalue weighted by molar-refractivity contribution is 6.02. The average molecular weight is 368 g/mol. The SMILES string of the molecule is C=C(C)C(=O)OC1(C2CCCC2)c2ccccc2-c2c1ccc1ccccc21. The molecule has 0 amide bonds. The lowest BCUT2D eigenvalue weighted by Gasteiger charge is -2.37. The Morgan fingerprint density at radius 3 is 2.46 bits per heavy atom. The lowest BCUT2D eigenvalue weighted by Crippen LogP contribution is -2.38. The van der Waals surface area contributed by atoms with Crippen LogP contribution >= 0.6 is 0 Å². The fraction of sp³-hybridized carbons (Fsp3) is 0.269. The van der Waals surface area contributed by atoms with Crippen LogP contribution < -0.4 is 0 Å². The molecule has 0 bridgehead atoms. The lowest BCUT2D eigenvalue weighted by atomic mass is 9.77. The van der Waals surface area contributed by atoms with Crippen LogP contribution in [-0.2, 0) is 15.1 Å². The number of hydrogen-bond donors (Lipinski definition) is 0. The first kappa shape index (κ1) is 17.2. The van der Waals surface area contributed by atoms with Crippen LogP contribution in [0.2, 0.25) is 0 Å². The van der Waals surface area contributed by atoms with Gasteiger partial charge < -0.3 is 4.74 Å². The molecule has 0 radical (unpaired) electrons. The first-order chi connectivity index (χ1) is 13.6. The highest BCUT2D eigenvalue weighted by Gasteiger charge is 2.53. The van der Waals surface area contributed by atoms with Gasteiger partial charge in [0, 0.05) is 22.6 Å². The van der Waals surface area contributed by atoms with E-state index in [0.29, 0.717) is 11.5 Å². The molecule has 2 nitrogen and oxygen atoms in total. The van der Waals surface area contributed by atoms with Crippen molar-refractivity contribution in [1.29, 1.82) is 0 Å². The lowest BCUT2D eigenvalue weighted by molar-refractivity contribution is -0.156. The molecule has 5 rings (SSSR count). The van der Waals surface area contributed by atoms with E-state index in [2.05, 4.69) is 67.2 Å². The van der Waals surface area contributed by atoms with Gasteiger partial charge in [-0.1, -0.05) is 80.1 Å². The zero-order chi connectivity index (χ0) is 19.3. The van der Waals surface area contributed by atoms with Crippen molar-refractivity contribution in [1.82, 2.24) is 0 Å². The summed E-state index contributed by atoms with van der Waals surface area (Å²) in [6.07, 6.45) is 4.51. The molecule has 1 atom stereocenters. The molecule has 2 aliphatic rings. The van der Waals surface area contributed by atoms with Crippen molar-refractivity contribution in [2.45, 2.75) is 38.2 Å². The van der Waals surface area contributed by atoms with Gasteiger partial charge in [-0.2, -0.15) is 0 Å². The van der Waals surface area contributed by atoms with Gasteiger partial charge in [0.25, 0.3) is 0 Å². The quantitative estimate of drug-likeness (QED) is 0.396. The fourth-order valence-electron chi connectivity index (χ4n) is 5.24. The third kappa shape index (κ3) is 2.30. The summed E-state index contributed by atoms with van der Waals surface area (Å²) in [6.45, 7) is 5.57. The third-order valence-electron chi connectivity index (χ3n) is 6.46. The molecule has 0 saturated heterocycles. The van der Waals surface area contributed by atoms with Crippen LogP contribution in [0.4, 0.5) is 0 Å². The molecule has 28 heavy (non-hydrogen) atoms. The molecule has 0 heterocycles. The Labute approximate surface area is 165 Å². The van der Waals surface area contributed by atoms with Crippen molar-refractivity contribution in [3.05, 3.63) is 83.9 Å². The molecule has 140 valence electrons. The average Bonchev–Trinajstić information content (AvgIpc) is 3.34. The molecule has 0 N–H and O–H groups in total. The summed E-state index contributed by atoms with van der Waals surface area (Å²) < 4.78 is 6.41. The summed E-state index contributed by atoms with van der Waals surface area (Å²) in [5.41, 5.74) is 4.40. The Hall–Kier alpha value is -2.87. The maximum Gasteiger partial charge on any atom is 0.334 e. The van der Waals surface area contributed by atoms with Crippen molar-refractivity contribution in [2.75, 3.05) is 0 Å². The van der Waals surface area contributed by atoms with Gasteiger partial charge in [0.05, 0.1) is 0 Å². The van der Waals surface area contributed by atoms with Crippen LogP contribution in [0.3, 0.4) is 0 Å². The van der Waals surface area contributed by atoms with E-state index in [4.69, 9.17) is 4.74 Å². The molecule has 0 aliphatic heterocycles. The van der Waals surface area contributed by atoms with Crippen LogP contribution in [0.1, 0.15) is 43.7 Å². The number of carbonyl (C=O) groups is 1. The molecule has 1 fully saturated rings. The van der Waals surface area contributed by atoms with E-state index in [1.54, 1.807) is 6.92 Å². The highest BCUT2D eigenvalue weighted by Crippen LogP contribution is 2.58. The monoisotopic (exact) mass is 368 g/mol. The fourth-order valence-corrected chi connectivity index (χ4v) is 5.24. The van der Waals surface area contributed by atoms with Crippen molar-refractivity contribution < 1.29 is 9.53 Å². The molecule has 2 heteroatoms. The van der Waals surface area contributed by atoms with Gasteiger partial charge in [0.1, 0.15) is 0 Å². The van der Waals surface area contributed by atoms with Crippen LogP contribution in [0.5, 0.6) is 0 Å². The van der Waals surface area contributed by atoms with E-state index in [1.165, 1.54) is 34.7 Å². The van der Waals surface area contributed by atoms with Crippen LogP contribution in [-0.4, -0.2) is 5.97 Å². The number of rotatable bonds is 3. The van der Waals surface area contributed by atoms with Crippen molar-refractivity contribution in [3.8, 4) is 11.1 Å². The number of carbonyl (C=O) groups excluding carboxylic acids is 1. The molecular weight excluding hydrogens is 344 g/mol. The second-order valence-corrected chi connectivity index (χ2v) is 8.14. The van der Waals surface area contributed by atoms with Crippen LogP contribution in [0, 0.1) is 5.92 Å². The largest absolute Gasteiger partial charge is 0.446 e. The summed E-state index contributed by atoms with van der Waals surface area (Å²) >= 11 is 0. The Morgan fingerprint density at radius 1 is 0.964 bits per heavy atom. The van der Waals surface area contributed by atoms with Gasteiger partial charge in [-0.05, 0) is 41.7 Å². The van der Waals surface area contributed by atoms with Gasteiger partial charge in [0.15, 0.2) is 5.60 Å². The van der Waals surface area contributed by atoms with Crippen LogP contribution in [0.15, 0.2) is 72.8 Å². The van der Waals surface area contributed by atoms with Gasteiger partial charge in [-0.15, -0.1) is 0 Å². The smallest absolute Gasteiger partial charge is 0.334 e. The predicted octanol–water partition coefficient (Wildman–Crippen LogP) is 6.37. The Bertz CT molecular complexity index is 1100. The van der Waals surface area contributed by atoms with E-state index in [-0.39, 0.29) is 5.97 Å². The molecule has 2 aliphatic carbocycles. The molecular formula is C26H24O2. The second-order valence-electron chi connectivity index (χ2n) is 8.14. The van der Waals surface area contributed by atoms with Gasteiger partial charge in [0.2, 0.25) is 0 Å². The zero-order valence-electron chi connectivity index (χ0n) is 16.2. The molecule has 0 aromatic heterocycles. The number of ether oxygens (including phenoxy) is 1. The van der Waals surface area contributed by atoms with E-state index in [0.717, 1.165) is 24.0 Å². The van der Waals surface area contributed by atoms with Gasteiger partial charge in [-0.25, -0.2) is 4.79 Å². The number of benzene rings is 3. The number of esters is 1. The maximum absolute atomic E-state index is 12.8. The van der Waals surface area contributed by atoms with E-state index < -0.39 is 5.60 Å². The van der Waals surface area contributed by atoms with E-state index in [1.807, 2.05) is 0 Å². The topological polar surface area (TPSA) is 26.3 Å². The Morgan fingerprint density at radius 2 is 1.68 bits per heavy atom.